The van der Waals surface area contributed by atoms with Gasteiger partial charge < -0.3 is 10.0 Å². The normalized spacial score (nSPS) is 17.7. The van der Waals surface area contributed by atoms with Gasteiger partial charge in [-0.3, -0.25) is 4.79 Å². The number of aromatic nitrogens is 1. The fourth-order valence-electron chi connectivity index (χ4n) is 3.06. The molecule has 5 nitrogen and oxygen atoms in total. The predicted octanol–water partition coefficient (Wildman–Crippen LogP) is 3.12. The maximum Gasteiger partial charge on any atom is 0.326 e. The van der Waals surface area contributed by atoms with Gasteiger partial charge in [-0.15, -0.1) is 11.3 Å². The number of aryl methyl sites for hydroxylation is 1. The van der Waals surface area contributed by atoms with Crippen molar-refractivity contribution >= 4 is 23.2 Å². The number of benzene rings is 1. The summed E-state index contributed by atoms with van der Waals surface area (Å²) in [6.45, 7) is 2.32. The highest BCUT2D eigenvalue weighted by Crippen LogP contribution is 2.26. The molecule has 1 aliphatic heterocycles. The second-order valence-corrected chi connectivity index (χ2v) is 7.12. The number of hydrogen-bond donors (Lipinski definition) is 1. The van der Waals surface area contributed by atoms with Crippen LogP contribution in [0.2, 0.25) is 0 Å². The Hall–Kier alpha value is -2.21. The molecular weight excluding hydrogens is 324 g/mol. The van der Waals surface area contributed by atoms with Crippen LogP contribution in [0.4, 0.5) is 0 Å². The van der Waals surface area contributed by atoms with Gasteiger partial charge in [-0.2, -0.15) is 0 Å². The Morgan fingerprint density at radius 2 is 2.04 bits per heavy atom. The monoisotopic (exact) mass is 344 g/mol. The van der Waals surface area contributed by atoms with Gasteiger partial charge in [0.15, 0.2) is 0 Å². The van der Waals surface area contributed by atoms with Crippen LogP contribution in [0.15, 0.2) is 30.3 Å². The number of piperidine rings is 1. The molecule has 1 N–H and O–H groups in total. The summed E-state index contributed by atoms with van der Waals surface area (Å²) in [4.78, 5) is 30.8. The Morgan fingerprint density at radius 1 is 1.29 bits per heavy atom. The number of carboxylic acids is 1. The van der Waals surface area contributed by atoms with Crippen molar-refractivity contribution < 1.29 is 14.7 Å². The number of carbonyl (C=O) groups excluding carboxylic acids is 1. The maximum absolute atomic E-state index is 12.8. The lowest BCUT2D eigenvalue weighted by Crippen LogP contribution is -2.47. The molecule has 0 radical (unpaired) electrons. The van der Waals surface area contributed by atoms with E-state index in [-0.39, 0.29) is 5.91 Å². The van der Waals surface area contributed by atoms with Crippen molar-refractivity contribution in [1.82, 2.24) is 9.88 Å². The van der Waals surface area contributed by atoms with Gasteiger partial charge in [0.05, 0.1) is 10.7 Å². The molecule has 24 heavy (non-hydrogen) atoms. The first-order chi connectivity index (χ1) is 11.6. The van der Waals surface area contributed by atoms with E-state index >= 15 is 0 Å². The van der Waals surface area contributed by atoms with E-state index in [0.29, 0.717) is 30.0 Å². The minimum Gasteiger partial charge on any atom is -0.480 e. The van der Waals surface area contributed by atoms with Gasteiger partial charge in [0.25, 0.3) is 5.91 Å². The molecule has 2 aromatic rings. The van der Waals surface area contributed by atoms with Crippen LogP contribution in [0.3, 0.4) is 0 Å². The van der Waals surface area contributed by atoms with E-state index in [0.717, 1.165) is 23.4 Å². The van der Waals surface area contributed by atoms with Gasteiger partial charge in [0, 0.05) is 13.0 Å². The third-order valence-electron chi connectivity index (χ3n) is 4.28. The molecule has 126 valence electrons. The van der Waals surface area contributed by atoms with Crippen molar-refractivity contribution in [3.63, 3.8) is 0 Å². The van der Waals surface area contributed by atoms with Crippen LogP contribution >= 0.6 is 11.3 Å². The van der Waals surface area contributed by atoms with Crippen LogP contribution in [-0.2, 0) is 11.2 Å². The molecule has 1 aliphatic rings. The van der Waals surface area contributed by atoms with Crippen LogP contribution in [0.5, 0.6) is 0 Å². The zero-order chi connectivity index (χ0) is 17.1. The van der Waals surface area contributed by atoms with Crippen molar-refractivity contribution in [3.05, 3.63) is 51.5 Å². The first-order valence-electron chi connectivity index (χ1n) is 8.10. The molecule has 2 heterocycles. The molecule has 0 unspecified atom stereocenters. The van der Waals surface area contributed by atoms with Crippen LogP contribution in [0, 0.1) is 6.92 Å². The Bertz CT molecular complexity index is 742. The minimum absolute atomic E-state index is 0.198. The number of aliphatic carboxylic acids is 1. The highest BCUT2D eigenvalue weighted by atomic mass is 32.1. The van der Waals surface area contributed by atoms with Gasteiger partial charge in [-0.1, -0.05) is 30.3 Å². The van der Waals surface area contributed by atoms with E-state index in [4.69, 9.17) is 0 Å². The van der Waals surface area contributed by atoms with E-state index < -0.39 is 12.0 Å². The lowest BCUT2D eigenvalue weighted by atomic mass is 10.0. The molecule has 1 fully saturated rings. The molecule has 0 bridgehead atoms. The third kappa shape index (κ3) is 3.48. The Labute approximate surface area is 145 Å². The molecule has 0 saturated carbocycles. The van der Waals surface area contributed by atoms with Gasteiger partial charge in [0.2, 0.25) is 0 Å². The lowest BCUT2D eigenvalue weighted by molar-refractivity contribution is -0.143. The molecule has 1 atom stereocenters. The highest BCUT2D eigenvalue weighted by molar-refractivity contribution is 7.13. The van der Waals surface area contributed by atoms with Gasteiger partial charge in [-0.25, -0.2) is 9.78 Å². The van der Waals surface area contributed by atoms with Crippen molar-refractivity contribution in [2.75, 3.05) is 6.54 Å². The quantitative estimate of drug-likeness (QED) is 0.925. The number of thiazole rings is 1. The van der Waals surface area contributed by atoms with E-state index in [2.05, 4.69) is 4.98 Å². The Balaban J connectivity index is 1.81. The summed E-state index contributed by atoms with van der Waals surface area (Å²) in [5, 5.41) is 10.2. The summed E-state index contributed by atoms with van der Waals surface area (Å²) >= 11 is 1.37. The Morgan fingerprint density at radius 3 is 2.75 bits per heavy atom. The third-order valence-corrected chi connectivity index (χ3v) is 5.43. The smallest absolute Gasteiger partial charge is 0.326 e. The molecule has 0 aliphatic carbocycles. The van der Waals surface area contributed by atoms with Crippen LogP contribution < -0.4 is 0 Å². The number of rotatable bonds is 4. The number of nitrogens with zero attached hydrogens (tertiary/aromatic N) is 2. The summed E-state index contributed by atoms with van der Waals surface area (Å²) in [6, 6.07) is 9.27. The van der Waals surface area contributed by atoms with Crippen LogP contribution in [-0.4, -0.2) is 39.5 Å². The van der Waals surface area contributed by atoms with Crippen molar-refractivity contribution in [2.45, 2.75) is 38.6 Å². The van der Waals surface area contributed by atoms with Crippen molar-refractivity contribution in [1.29, 1.82) is 0 Å². The molecule has 1 aromatic heterocycles. The number of carbonyl (C=O) groups is 2. The zero-order valence-electron chi connectivity index (χ0n) is 13.6. The van der Waals surface area contributed by atoms with E-state index in [1.807, 2.05) is 37.3 Å². The average molecular weight is 344 g/mol. The number of hydrogen-bond acceptors (Lipinski definition) is 4. The average Bonchev–Trinajstić information content (AvgIpc) is 2.95. The summed E-state index contributed by atoms with van der Waals surface area (Å²) in [7, 11) is 0. The molecular formula is C18H20N2O3S. The highest BCUT2D eigenvalue weighted by Gasteiger charge is 2.34. The van der Waals surface area contributed by atoms with Crippen molar-refractivity contribution in [3.8, 4) is 0 Å². The van der Waals surface area contributed by atoms with E-state index in [1.165, 1.54) is 16.2 Å². The van der Waals surface area contributed by atoms with E-state index in [1.54, 1.807) is 0 Å². The second kappa shape index (κ2) is 7.13. The fraction of sp³-hybridized carbons (Fsp3) is 0.389. The topological polar surface area (TPSA) is 70.5 Å². The Kier molecular flexibility index (Phi) is 4.94. The summed E-state index contributed by atoms with van der Waals surface area (Å²) in [6.07, 6.45) is 2.91. The minimum atomic E-state index is -0.922. The molecule has 1 aromatic carbocycles. The van der Waals surface area contributed by atoms with Crippen molar-refractivity contribution in [2.24, 2.45) is 0 Å². The predicted molar refractivity (Wildman–Crippen MR) is 92.4 cm³/mol. The number of amides is 1. The fourth-order valence-corrected chi connectivity index (χ4v) is 4.11. The second-order valence-electron chi connectivity index (χ2n) is 6.03. The molecule has 1 amide bonds. The maximum atomic E-state index is 12.8. The molecule has 0 spiro atoms. The molecule has 6 heteroatoms. The summed E-state index contributed by atoms with van der Waals surface area (Å²) in [5.41, 5.74) is 1.83. The first kappa shape index (κ1) is 16.6. The van der Waals surface area contributed by atoms with Gasteiger partial charge >= 0.3 is 5.97 Å². The number of likely N-dealkylation sites (tertiary alicyclic amines) is 1. The summed E-state index contributed by atoms with van der Waals surface area (Å²) in [5.74, 6) is -1.12. The summed E-state index contributed by atoms with van der Waals surface area (Å²) < 4.78 is 0. The van der Waals surface area contributed by atoms with Gasteiger partial charge in [0.1, 0.15) is 10.9 Å². The SMILES string of the molecule is Cc1nc(Cc2ccccc2)sc1C(=O)N1CCCC[C@H]1C(=O)O. The van der Waals surface area contributed by atoms with E-state index in [9.17, 15) is 14.7 Å². The zero-order valence-corrected chi connectivity index (χ0v) is 14.4. The standard InChI is InChI=1S/C18H20N2O3S/c1-12-16(17(21)20-10-6-5-9-14(20)18(22)23)24-15(19-12)11-13-7-3-2-4-8-13/h2-4,7-8,14H,5-6,9-11H2,1H3,(H,22,23)/t14-/m0/s1. The molecule has 3 rings (SSSR count). The van der Waals surface area contributed by atoms with Crippen LogP contribution in [0.1, 0.15) is 45.2 Å². The largest absolute Gasteiger partial charge is 0.480 e. The first-order valence-corrected chi connectivity index (χ1v) is 8.92. The number of carboxylic acid groups (broad SMARTS) is 1. The van der Waals surface area contributed by atoms with Crippen LogP contribution in [0.25, 0.3) is 0 Å². The lowest BCUT2D eigenvalue weighted by Gasteiger charge is -2.32. The van der Waals surface area contributed by atoms with Gasteiger partial charge in [-0.05, 0) is 31.7 Å². The molecule has 1 saturated heterocycles.